The van der Waals surface area contributed by atoms with Gasteiger partial charge >= 0.3 is 0 Å². The third-order valence-corrected chi connectivity index (χ3v) is 9.82. The highest BCUT2D eigenvalue weighted by atomic mass is 16.5. The Morgan fingerprint density at radius 3 is 2.20 bits per heavy atom. The van der Waals surface area contributed by atoms with Crippen molar-refractivity contribution in [2.75, 3.05) is 0 Å². The average Bonchev–Trinajstić information content (AvgIpc) is 3.53. The molecule has 0 N–H and O–H groups in total. The van der Waals surface area contributed by atoms with Gasteiger partial charge in [-0.25, -0.2) is 9.97 Å². The minimum absolute atomic E-state index is 0.00554. The van der Waals surface area contributed by atoms with Crippen LogP contribution in [0.4, 0.5) is 0 Å². The lowest BCUT2D eigenvalue weighted by molar-refractivity contribution is 0.486. The van der Waals surface area contributed by atoms with Gasteiger partial charge in [-0.1, -0.05) is 92.7 Å². The molecule has 4 nitrogen and oxygen atoms in total. The summed E-state index contributed by atoms with van der Waals surface area (Å²) in [6, 6.07) is 45.3. The highest BCUT2D eigenvalue weighted by molar-refractivity contribution is 6.10. The molecule has 0 unspecified atom stereocenters. The molecule has 0 saturated heterocycles. The van der Waals surface area contributed by atoms with E-state index in [9.17, 15) is 0 Å². The van der Waals surface area contributed by atoms with E-state index in [0.29, 0.717) is 5.95 Å². The van der Waals surface area contributed by atoms with Crippen LogP contribution in [0.25, 0.3) is 72.2 Å². The summed E-state index contributed by atoms with van der Waals surface area (Å²) >= 11 is 0. The van der Waals surface area contributed by atoms with E-state index < -0.39 is 0 Å². The number of rotatable bonds is 2. The Hall–Kier alpha value is -5.74. The third-order valence-electron chi connectivity index (χ3n) is 9.82. The SMILES string of the molecule is CC1(C)c2ccccc2-c2cc(-c3ccc4c(c3)c3ccccc3n4-c3nc4c5c(cccc5n3)Oc3ccccc3-4)ccc21. The Labute approximate surface area is 260 Å². The van der Waals surface area contributed by atoms with E-state index >= 15 is 0 Å². The van der Waals surface area contributed by atoms with Crippen molar-refractivity contribution in [3.63, 3.8) is 0 Å². The first-order valence-electron chi connectivity index (χ1n) is 15.4. The van der Waals surface area contributed by atoms with E-state index in [-0.39, 0.29) is 5.41 Å². The molecule has 1 aliphatic heterocycles. The van der Waals surface area contributed by atoms with Crippen molar-refractivity contribution < 1.29 is 4.74 Å². The van der Waals surface area contributed by atoms with Gasteiger partial charge in [-0.3, -0.25) is 4.57 Å². The quantitative estimate of drug-likeness (QED) is 0.205. The fourth-order valence-corrected chi connectivity index (χ4v) is 7.66. The molecule has 0 saturated carbocycles. The van der Waals surface area contributed by atoms with Gasteiger partial charge in [0.15, 0.2) is 0 Å². The lowest BCUT2D eigenvalue weighted by Gasteiger charge is -2.21. The zero-order chi connectivity index (χ0) is 29.9. The molecule has 0 spiro atoms. The first-order valence-corrected chi connectivity index (χ1v) is 15.4. The van der Waals surface area contributed by atoms with Crippen molar-refractivity contribution in [2.45, 2.75) is 19.3 Å². The Morgan fingerprint density at radius 1 is 0.556 bits per heavy atom. The number of hydrogen-bond acceptors (Lipinski definition) is 3. The van der Waals surface area contributed by atoms with Crippen LogP contribution in [0.15, 0.2) is 127 Å². The van der Waals surface area contributed by atoms with Crippen LogP contribution in [0.5, 0.6) is 11.5 Å². The molecule has 45 heavy (non-hydrogen) atoms. The maximum atomic E-state index is 6.25. The zero-order valence-electron chi connectivity index (χ0n) is 24.9. The number of fused-ring (bicyclic) bond motifs is 8. The van der Waals surface area contributed by atoms with Crippen LogP contribution in [0.2, 0.25) is 0 Å². The maximum absolute atomic E-state index is 6.25. The second-order valence-electron chi connectivity index (χ2n) is 12.6. The number of ether oxygens (including phenoxy) is 1. The first-order chi connectivity index (χ1) is 22.1. The number of nitrogens with zero attached hydrogens (tertiary/aromatic N) is 3. The normalized spacial score (nSPS) is 13.9. The molecule has 3 heterocycles. The molecule has 8 aromatic rings. The molecule has 2 aliphatic rings. The fourth-order valence-electron chi connectivity index (χ4n) is 7.66. The highest BCUT2D eigenvalue weighted by Gasteiger charge is 2.35. The number of hydrogen-bond donors (Lipinski definition) is 0. The second-order valence-corrected chi connectivity index (χ2v) is 12.6. The van der Waals surface area contributed by atoms with Crippen LogP contribution in [-0.2, 0) is 5.41 Å². The minimum atomic E-state index is -0.00554. The second kappa shape index (κ2) is 8.67. The van der Waals surface area contributed by atoms with Gasteiger partial charge in [-0.15, -0.1) is 0 Å². The van der Waals surface area contributed by atoms with Gasteiger partial charge in [0, 0.05) is 21.8 Å². The molecule has 0 radical (unpaired) electrons. The van der Waals surface area contributed by atoms with Gasteiger partial charge in [0.25, 0.3) is 0 Å². The first kappa shape index (κ1) is 24.7. The highest BCUT2D eigenvalue weighted by Crippen LogP contribution is 2.50. The molecule has 1 aliphatic carbocycles. The molecular formula is C41H27N3O. The van der Waals surface area contributed by atoms with E-state index in [0.717, 1.165) is 44.7 Å². The predicted molar refractivity (Wildman–Crippen MR) is 182 cm³/mol. The maximum Gasteiger partial charge on any atom is 0.235 e. The lowest BCUT2D eigenvalue weighted by Crippen LogP contribution is -2.14. The zero-order valence-corrected chi connectivity index (χ0v) is 24.9. The summed E-state index contributed by atoms with van der Waals surface area (Å²) < 4.78 is 8.45. The predicted octanol–water partition coefficient (Wildman–Crippen LogP) is 10.5. The summed E-state index contributed by atoms with van der Waals surface area (Å²) in [4.78, 5) is 10.4. The summed E-state index contributed by atoms with van der Waals surface area (Å²) in [6.07, 6.45) is 0. The van der Waals surface area contributed by atoms with E-state index in [1.54, 1.807) is 0 Å². The van der Waals surface area contributed by atoms with E-state index in [2.05, 4.69) is 109 Å². The van der Waals surface area contributed by atoms with Gasteiger partial charge < -0.3 is 4.74 Å². The van der Waals surface area contributed by atoms with E-state index in [1.807, 2.05) is 36.4 Å². The van der Waals surface area contributed by atoms with Crippen LogP contribution in [-0.4, -0.2) is 14.5 Å². The third kappa shape index (κ3) is 3.31. The molecule has 0 amide bonds. The van der Waals surface area contributed by atoms with Gasteiger partial charge in [0.2, 0.25) is 5.95 Å². The summed E-state index contributed by atoms with van der Waals surface area (Å²) in [5, 5.41) is 3.31. The summed E-state index contributed by atoms with van der Waals surface area (Å²) in [5.74, 6) is 2.26. The lowest BCUT2D eigenvalue weighted by atomic mass is 9.82. The van der Waals surface area contributed by atoms with Crippen molar-refractivity contribution in [1.29, 1.82) is 0 Å². The van der Waals surface area contributed by atoms with Crippen LogP contribution in [0.1, 0.15) is 25.0 Å². The minimum Gasteiger partial charge on any atom is -0.456 e. The largest absolute Gasteiger partial charge is 0.456 e. The van der Waals surface area contributed by atoms with E-state index in [4.69, 9.17) is 14.7 Å². The summed E-state index contributed by atoms with van der Waals surface area (Å²) in [6.45, 7) is 4.65. The van der Waals surface area contributed by atoms with Crippen LogP contribution in [0.3, 0.4) is 0 Å². The van der Waals surface area contributed by atoms with Crippen molar-refractivity contribution in [1.82, 2.24) is 14.5 Å². The Balaban J connectivity index is 1.19. The van der Waals surface area contributed by atoms with Gasteiger partial charge in [-0.05, 0) is 81.9 Å². The number of para-hydroxylation sites is 2. The Bertz CT molecular complexity index is 2560. The molecule has 0 fully saturated rings. The van der Waals surface area contributed by atoms with Crippen molar-refractivity contribution in [3.8, 4) is 51.0 Å². The standard InChI is InChI=1S/C41H27N3O/c1-41(2)31-13-6-3-10-26(31)29-22-24(18-20-32(29)41)25-19-21-35-30(23-25)27-11-4-7-15-34(27)44(35)40-42-33-14-9-17-37-38(33)39(43-40)28-12-5-8-16-36(28)45-37/h3-23H,1-2H3. The van der Waals surface area contributed by atoms with Crippen molar-refractivity contribution in [2.24, 2.45) is 0 Å². The Morgan fingerprint density at radius 2 is 1.27 bits per heavy atom. The fraction of sp³-hybridized carbons (Fsp3) is 0.0732. The topological polar surface area (TPSA) is 39.9 Å². The van der Waals surface area contributed by atoms with Gasteiger partial charge in [0.05, 0.1) is 27.6 Å². The van der Waals surface area contributed by atoms with E-state index in [1.165, 1.54) is 44.2 Å². The molecule has 2 aromatic heterocycles. The summed E-state index contributed by atoms with van der Waals surface area (Å²) in [5.41, 5.74) is 12.8. The van der Waals surface area contributed by atoms with Gasteiger partial charge in [0.1, 0.15) is 11.5 Å². The smallest absolute Gasteiger partial charge is 0.235 e. The molecule has 0 bridgehead atoms. The molecule has 4 heteroatoms. The average molecular weight is 578 g/mol. The van der Waals surface area contributed by atoms with Crippen molar-refractivity contribution in [3.05, 3.63) is 139 Å². The molecule has 10 rings (SSSR count). The monoisotopic (exact) mass is 577 g/mol. The number of benzene rings is 6. The molecule has 0 atom stereocenters. The van der Waals surface area contributed by atoms with Crippen LogP contribution >= 0.6 is 0 Å². The van der Waals surface area contributed by atoms with Crippen molar-refractivity contribution >= 4 is 32.7 Å². The number of aromatic nitrogens is 3. The Kier molecular flexibility index (Phi) is 4.76. The van der Waals surface area contributed by atoms with Gasteiger partial charge in [-0.2, -0.15) is 0 Å². The molecular weight excluding hydrogens is 550 g/mol. The summed E-state index contributed by atoms with van der Waals surface area (Å²) in [7, 11) is 0. The van der Waals surface area contributed by atoms with Crippen LogP contribution < -0.4 is 4.74 Å². The molecule has 212 valence electrons. The van der Waals surface area contributed by atoms with Crippen LogP contribution in [0, 0.1) is 0 Å². The molecule has 6 aromatic carbocycles.